The molecule has 0 N–H and O–H groups in total. The topological polar surface area (TPSA) is 12.5 Å². The molecule has 98 valence electrons. The molecule has 2 aliphatic rings. The van der Waals surface area contributed by atoms with E-state index < -0.39 is 0 Å². The van der Waals surface area contributed by atoms with E-state index in [1.807, 2.05) is 0 Å². The highest BCUT2D eigenvalue weighted by Gasteiger charge is 2.48. The largest absolute Gasteiger partial charge is 0.486 e. The van der Waals surface area contributed by atoms with Crippen molar-refractivity contribution < 1.29 is 4.74 Å². The predicted molar refractivity (Wildman–Crippen MR) is 77.1 cm³/mol. The lowest BCUT2D eigenvalue weighted by Gasteiger charge is -2.32. The van der Waals surface area contributed by atoms with Crippen LogP contribution in [0.3, 0.4) is 0 Å². The molecule has 1 aliphatic carbocycles. The highest BCUT2D eigenvalue weighted by atomic mass is 79.9. The molecule has 0 bridgehead atoms. The Morgan fingerprint density at radius 1 is 1.44 bits per heavy atom. The zero-order valence-electron chi connectivity index (χ0n) is 11.1. The van der Waals surface area contributed by atoms with Gasteiger partial charge in [0.05, 0.1) is 0 Å². The van der Waals surface area contributed by atoms with Gasteiger partial charge in [-0.15, -0.1) is 0 Å². The van der Waals surface area contributed by atoms with Crippen LogP contribution in [-0.2, 0) is 6.42 Å². The lowest BCUT2D eigenvalue weighted by atomic mass is 9.86. The van der Waals surface area contributed by atoms with Gasteiger partial charge in [-0.3, -0.25) is 0 Å². The molecule has 2 unspecified atom stereocenters. The van der Waals surface area contributed by atoms with Gasteiger partial charge >= 0.3 is 0 Å². The second-order valence-corrected chi connectivity index (χ2v) is 6.86. The first-order valence-corrected chi connectivity index (χ1v) is 7.50. The van der Waals surface area contributed by atoms with Gasteiger partial charge in [-0.05, 0) is 57.1 Å². The fourth-order valence-corrected chi connectivity index (χ4v) is 3.95. The minimum atomic E-state index is 0.0768. The molecule has 3 heteroatoms. The number of rotatable bonds is 2. The molecule has 18 heavy (non-hydrogen) atoms. The van der Waals surface area contributed by atoms with Crippen LogP contribution >= 0.6 is 15.9 Å². The molecule has 0 saturated heterocycles. The minimum absolute atomic E-state index is 0.0768. The first kappa shape index (κ1) is 12.5. The van der Waals surface area contributed by atoms with Crippen LogP contribution in [0.2, 0.25) is 0 Å². The summed E-state index contributed by atoms with van der Waals surface area (Å²) in [7, 11) is 4.31. The minimum Gasteiger partial charge on any atom is -0.486 e. The highest BCUT2D eigenvalue weighted by molar-refractivity contribution is 9.10. The average molecular weight is 310 g/mol. The van der Waals surface area contributed by atoms with Crippen LogP contribution in [0.1, 0.15) is 24.8 Å². The number of halogens is 1. The van der Waals surface area contributed by atoms with Gasteiger partial charge in [0.25, 0.3) is 0 Å². The number of hydrogen-bond donors (Lipinski definition) is 0. The van der Waals surface area contributed by atoms with Crippen LogP contribution in [0.4, 0.5) is 0 Å². The Morgan fingerprint density at radius 3 is 3.06 bits per heavy atom. The number of hydrogen-bond acceptors (Lipinski definition) is 2. The standard InChI is InChI=1S/C15H20BrNO/c1-17(2)10-12-4-3-7-15(12)9-11-8-13(16)5-6-14(11)18-15/h5-6,8,12H,3-4,7,9-10H2,1-2H3. The lowest BCUT2D eigenvalue weighted by Crippen LogP contribution is -2.42. The van der Waals surface area contributed by atoms with Crippen molar-refractivity contribution in [3.63, 3.8) is 0 Å². The molecular weight excluding hydrogens is 290 g/mol. The Balaban J connectivity index is 1.86. The van der Waals surface area contributed by atoms with Crippen molar-refractivity contribution in [2.75, 3.05) is 20.6 Å². The third-order valence-electron chi connectivity index (χ3n) is 4.31. The zero-order chi connectivity index (χ0) is 12.8. The van der Waals surface area contributed by atoms with Gasteiger partial charge in [-0.1, -0.05) is 15.9 Å². The van der Waals surface area contributed by atoms with Crippen molar-refractivity contribution in [1.29, 1.82) is 0 Å². The predicted octanol–water partition coefficient (Wildman–Crippen LogP) is 3.48. The summed E-state index contributed by atoms with van der Waals surface area (Å²) in [5.74, 6) is 1.77. The van der Waals surface area contributed by atoms with Gasteiger partial charge < -0.3 is 9.64 Å². The van der Waals surface area contributed by atoms with Gasteiger partial charge in [0.2, 0.25) is 0 Å². The van der Waals surface area contributed by atoms with Crippen molar-refractivity contribution in [2.45, 2.75) is 31.3 Å². The van der Waals surface area contributed by atoms with E-state index in [0.29, 0.717) is 5.92 Å². The third kappa shape index (κ3) is 2.08. The lowest BCUT2D eigenvalue weighted by molar-refractivity contribution is 0.0408. The number of ether oxygens (including phenoxy) is 1. The maximum Gasteiger partial charge on any atom is 0.123 e. The zero-order valence-corrected chi connectivity index (χ0v) is 12.7. The van der Waals surface area contributed by atoms with E-state index in [9.17, 15) is 0 Å². The van der Waals surface area contributed by atoms with Gasteiger partial charge in [0.15, 0.2) is 0 Å². The van der Waals surface area contributed by atoms with E-state index in [1.165, 1.54) is 24.8 Å². The van der Waals surface area contributed by atoms with Crippen LogP contribution in [0.5, 0.6) is 5.75 Å². The summed E-state index contributed by atoms with van der Waals surface area (Å²) in [5.41, 5.74) is 1.45. The van der Waals surface area contributed by atoms with Gasteiger partial charge in [-0.25, -0.2) is 0 Å². The maximum absolute atomic E-state index is 6.38. The molecule has 1 spiro atoms. The molecule has 0 amide bonds. The summed E-state index contributed by atoms with van der Waals surface area (Å²) in [5, 5.41) is 0. The summed E-state index contributed by atoms with van der Waals surface area (Å²) >= 11 is 3.55. The Hall–Kier alpha value is -0.540. The maximum atomic E-state index is 6.38. The molecule has 1 saturated carbocycles. The van der Waals surface area contributed by atoms with E-state index in [4.69, 9.17) is 4.74 Å². The van der Waals surface area contributed by atoms with Gasteiger partial charge in [0.1, 0.15) is 11.4 Å². The molecule has 1 fully saturated rings. The SMILES string of the molecule is CN(C)CC1CCCC12Cc1cc(Br)ccc1O2. The quantitative estimate of drug-likeness (QED) is 0.829. The third-order valence-corrected chi connectivity index (χ3v) is 4.80. The Labute approximate surface area is 117 Å². The van der Waals surface area contributed by atoms with E-state index in [2.05, 4.69) is 53.1 Å². The fraction of sp³-hybridized carbons (Fsp3) is 0.600. The van der Waals surface area contributed by atoms with Gasteiger partial charge in [-0.2, -0.15) is 0 Å². The first-order valence-electron chi connectivity index (χ1n) is 6.71. The smallest absolute Gasteiger partial charge is 0.123 e. The number of benzene rings is 1. The van der Waals surface area contributed by atoms with Crippen molar-refractivity contribution in [3.8, 4) is 5.75 Å². The Morgan fingerprint density at radius 2 is 2.28 bits per heavy atom. The fourth-order valence-electron chi connectivity index (χ4n) is 3.54. The molecule has 1 aliphatic heterocycles. The second-order valence-electron chi connectivity index (χ2n) is 5.95. The van der Waals surface area contributed by atoms with E-state index in [1.54, 1.807) is 0 Å². The molecular formula is C15H20BrNO. The number of fused-ring (bicyclic) bond motifs is 1. The molecule has 0 radical (unpaired) electrons. The van der Waals surface area contributed by atoms with Crippen molar-refractivity contribution in [1.82, 2.24) is 4.90 Å². The summed E-state index contributed by atoms with van der Waals surface area (Å²) in [4.78, 5) is 2.29. The van der Waals surface area contributed by atoms with Crippen LogP contribution in [0.25, 0.3) is 0 Å². The molecule has 1 heterocycles. The summed E-state index contributed by atoms with van der Waals surface area (Å²) < 4.78 is 7.53. The van der Waals surface area contributed by atoms with E-state index in [0.717, 1.165) is 23.2 Å². The van der Waals surface area contributed by atoms with Gasteiger partial charge in [0, 0.05) is 23.4 Å². The Kier molecular flexibility index (Phi) is 3.15. The summed E-state index contributed by atoms with van der Waals surface area (Å²) in [6, 6.07) is 6.40. The van der Waals surface area contributed by atoms with Crippen LogP contribution in [0.15, 0.2) is 22.7 Å². The van der Waals surface area contributed by atoms with Crippen molar-refractivity contribution >= 4 is 15.9 Å². The molecule has 2 atom stereocenters. The monoisotopic (exact) mass is 309 g/mol. The molecule has 0 aromatic heterocycles. The van der Waals surface area contributed by atoms with E-state index >= 15 is 0 Å². The molecule has 3 rings (SSSR count). The molecule has 2 nitrogen and oxygen atoms in total. The highest BCUT2D eigenvalue weighted by Crippen LogP contribution is 2.48. The molecule has 1 aromatic carbocycles. The first-order chi connectivity index (χ1) is 8.59. The van der Waals surface area contributed by atoms with Crippen LogP contribution in [-0.4, -0.2) is 31.1 Å². The van der Waals surface area contributed by atoms with Crippen LogP contribution in [0, 0.1) is 5.92 Å². The Bertz CT molecular complexity index is 460. The summed E-state index contributed by atoms with van der Waals surface area (Å²) in [6.07, 6.45) is 4.89. The number of nitrogens with zero attached hydrogens (tertiary/aromatic N) is 1. The van der Waals surface area contributed by atoms with E-state index in [-0.39, 0.29) is 5.60 Å². The van der Waals surface area contributed by atoms with Crippen molar-refractivity contribution in [2.24, 2.45) is 5.92 Å². The summed E-state index contributed by atoms with van der Waals surface area (Å²) in [6.45, 7) is 1.13. The second kappa shape index (κ2) is 4.53. The molecule has 1 aromatic rings. The van der Waals surface area contributed by atoms with Crippen LogP contribution < -0.4 is 4.74 Å². The normalized spacial score (nSPS) is 29.9. The van der Waals surface area contributed by atoms with Crippen molar-refractivity contribution in [3.05, 3.63) is 28.2 Å². The average Bonchev–Trinajstić information content (AvgIpc) is 2.83.